The molecular weight excluding hydrogens is 356 g/mol. The summed E-state index contributed by atoms with van der Waals surface area (Å²) in [5.41, 5.74) is 2.83. The molecule has 0 spiro atoms. The Morgan fingerprint density at radius 1 is 1.14 bits per heavy atom. The van der Waals surface area contributed by atoms with Gasteiger partial charge in [0.15, 0.2) is 0 Å². The molecule has 1 saturated carbocycles. The molecule has 4 rings (SSSR count). The van der Waals surface area contributed by atoms with Gasteiger partial charge in [-0.1, -0.05) is 46.2 Å². The highest BCUT2D eigenvalue weighted by Crippen LogP contribution is 2.48. The van der Waals surface area contributed by atoms with E-state index in [0.717, 1.165) is 28.7 Å². The van der Waals surface area contributed by atoms with Gasteiger partial charge in [0, 0.05) is 18.1 Å². The molecule has 158 valence electrons. The first-order valence-corrected chi connectivity index (χ1v) is 11.7. The fraction of sp³-hybridized carbons (Fsp3) is 0.654. The number of benzene rings is 1. The van der Waals surface area contributed by atoms with Crippen LogP contribution < -0.4 is 5.56 Å². The van der Waals surface area contributed by atoms with Crippen LogP contribution >= 0.6 is 0 Å². The lowest BCUT2D eigenvalue weighted by Crippen LogP contribution is -2.43. The standard InChI is InChI=1S/C26H38N2O/c1-5-23-18(2)14-19(16-26(23,3)4)17-28-12-10-20(11-13-28)22-7-6-21-8-9-25(29)27-24(21)15-22/h6-9,15,18-20,23H,5,10-14,16-17H2,1-4H3,(H,27,29). The fourth-order valence-electron chi connectivity index (χ4n) is 6.77. The molecule has 1 aromatic heterocycles. The number of H-pyrrole nitrogens is 1. The van der Waals surface area contributed by atoms with Gasteiger partial charge in [0.05, 0.1) is 0 Å². The maximum atomic E-state index is 11.6. The average molecular weight is 395 g/mol. The number of aromatic nitrogens is 1. The third-order valence-electron chi connectivity index (χ3n) is 7.98. The lowest BCUT2D eigenvalue weighted by molar-refractivity contribution is 0.0244. The Kier molecular flexibility index (Phi) is 5.88. The molecule has 1 aliphatic carbocycles. The fourth-order valence-corrected chi connectivity index (χ4v) is 6.77. The Bertz CT molecular complexity index is 891. The monoisotopic (exact) mass is 394 g/mol. The number of fused-ring (bicyclic) bond motifs is 1. The molecule has 0 bridgehead atoms. The van der Waals surface area contributed by atoms with Crippen LogP contribution in [0.1, 0.15) is 71.3 Å². The van der Waals surface area contributed by atoms with Gasteiger partial charge in [-0.25, -0.2) is 0 Å². The number of hydrogen-bond acceptors (Lipinski definition) is 2. The van der Waals surface area contributed by atoms with E-state index in [1.54, 1.807) is 6.07 Å². The summed E-state index contributed by atoms with van der Waals surface area (Å²) in [6, 6.07) is 10.1. The molecule has 1 saturated heterocycles. The molecule has 2 aliphatic rings. The van der Waals surface area contributed by atoms with E-state index >= 15 is 0 Å². The van der Waals surface area contributed by atoms with E-state index in [0.29, 0.717) is 11.3 Å². The van der Waals surface area contributed by atoms with Crippen molar-refractivity contribution in [1.29, 1.82) is 0 Å². The van der Waals surface area contributed by atoms with Gasteiger partial charge in [0.2, 0.25) is 5.56 Å². The van der Waals surface area contributed by atoms with Crippen LogP contribution in [0.15, 0.2) is 35.1 Å². The molecule has 2 fully saturated rings. The number of likely N-dealkylation sites (tertiary alicyclic amines) is 1. The lowest BCUT2D eigenvalue weighted by atomic mass is 9.60. The first-order valence-electron chi connectivity index (χ1n) is 11.7. The average Bonchev–Trinajstić information content (AvgIpc) is 2.67. The molecule has 3 atom stereocenters. The minimum atomic E-state index is -0.0144. The molecule has 1 aromatic carbocycles. The minimum absolute atomic E-state index is 0.0144. The van der Waals surface area contributed by atoms with Crippen molar-refractivity contribution in [1.82, 2.24) is 9.88 Å². The maximum Gasteiger partial charge on any atom is 0.248 e. The summed E-state index contributed by atoms with van der Waals surface area (Å²) in [7, 11) is 0. The number of nitrogens with zero attached hydrogens (tertiary/aromatic N) is 1. The van der Waals surface area contributed by atoms with Crippen LogP contribution in [0.2, 0.25) is 0 Å². The van der Waals surface area contributed by atoms with Gasteiger partial charge in [0.1, 0.15) is 0 Å². The molecule has 0 amide bonds. The van der Waals surface area contributed by atoms with Crippen molar-refractivity contribution in [3.05, 3.63) is 46.2 Å². The van der Waals surface area contributed by atoms with Crippen molar-refractivity contribution in [2.24, 2.45) is 23.2 Å². The summed E-state index contributed by atoms with van der Waals surface area (Å²) < 4.78 is 0. The third kappa shape index (κ3) is 4.45. The van der Waals surface area contributed by atoms with Crippen molar-refractivity contribution in [3.8, 4) is 0 Å². The van der Waals surface area contributed by atoms with Crippen LogP contribution in [0.3, 0.4) is 0 Å². The number of nitrogens with one attached hydrogen (secondary N) is 1. The highest BCUT2D eigenvalue weighted by molar-refractivity contribution is 5.79. The normalized spacial score (nSPS) is 28.6. The smallest absolute Gasteiger partial charge is 0.248 e. The van der Waals surface area contributed by atoms with Gasteiger partial charge in [0.25, 0.3) is 0 Å². The zero-order chi connectivity index (χ0) is 20.6. The van der Waals surface area contributed by atoms with Crippen LogP contribution in [0.5, 0.6) is 0 Å². The molecule has 2 heterocycles. The second-order valence-corrected chi connectivity index (χ2v) is 10.5. The zero-order valence-corrected chi connectivity index (χ0v) is 18.7. The minimum Gasteiger partial charge on any atom is -0.322 e. The van der Waals surface area contributed by atoms with Crippen molar-refractivity contribution in [2.75, 3.05) is 19.6 Å². The Hall–Kier alpha value is -1.61. The number of rotatable bonds is 4. The quantitative estimate of drug-likeness (QED) is 0.711. The largest absolute Gasteiger partial charge is 0.322 e. The Balaban J connectivity index is 1.36. The number of hydrogen-bond donors (Lipinski definition) is 1. The van der Waals surface area contributed by atoms with Crippen molar-refractivity contribution >= 4 is 10.9 Å². The van der Waals surface area contributed by atoms with Crippen molar-refractivity contribution in [2.45, 2.75) is 65.7 Å². The van der Waals surface area contributed by atoms with Gasteiger partial charge in [-0.05, 0) is 90.9 Å². The molecule has 1 N–H and O–H groups in total. The van der Waals surface area contributed by atoms with E-state index in [1.807, 2.05) is 6.07 Å². The Labute approximate surface area is 175 Å². The highest BCUT2D eigenvalue weighted by atomic mass is 16.1. The van der Waals surface area contributed by atoms with Gasteiger partial charge < -0.3 is 9.88 Å². The maximum absolute atomic E-state index is 11.6. The van der Waals surface area contributed by atoms with Crippen molar-refractivity contribution in [3.63, 3.8) is 0 Å². The van der Waals surface area contributed by atoms with E-state index in [4.69, 9.17) is 0 Å². The summed E-state index contributed by atoms with van der Waals surface area (Å²) in [5.74, 6) is 3.20. The van der Waals surface area contributed by atoms with Gasteiger partial charge >= 0.3 is 0 Å². The topological polar surface area (TPSA) is 36.1 Å². The molecule has 3 nitrogen and oxygen atoms in total. The number of pyridine rings is 1. The van der Waals surface area contributed by atoms with E-state index in [1.165, 1.54) is 57.3 Å². The van der Waals surface area contributed by atoms with Gasteiger partial charge in [-0.2, -0.15) is 0 Å². The van der Waals surface area contributed by atoms with Crippen molar-refractivity contribution < 1.29 is 0 Å². The summed E-state index contributed by atoms with van der Waals surface area (Å²) in [4.78, 5) is 17.4. The first kappa shape index (κ1) is 20.7. The highest BCUT2D eigenvalue weighted by Gasteiger charge is 2.40. The van der Waals surface area contributed by atoms with Gasteiger partial charge in [-0.3, -0.25) is 4.79 Å². The predicted octanol–water partition coefficient (Wildman–Crippen LogP) is 5.81. The lowest BCUT2D eigenvalue weighted by Gasteiger charge is -2.47. The third-order valence-corrected chi connectivity index (χ3v) is 7.98. The molecule has 3 heteroatoms. The SMILES string of the molecule is CCC1C(C)CC(CN2CCC(c3ccc4ccc(=O)[nH]c4c3)CC2)CC1(C)C. The van der Waals surface area contributed by atoms with Crippen LogP contribution in [-0.2, 0) is 0 Å². The van der Waals surface area contributed by atoms with Crippen LogP contribution in [0, 0.1) is 23.2 Å². The summed E-state index contributed by atoms with van der Waals surface area (Å²) >= 11 is 0. The van der Waals surface area contributed by atoms with E-state index in [-0.39, 0.29) is 5.56 Å². The molecular formula is C26H38N2O. The van der Waals surface area contributed by atoms with E-state index in [9.17, 15) is 4.79 Å². The van der Waals surface area contributed by atoms with Crippen LogP contribution in [0.4, 0.5) is 0 Å². The van der Waals surface area contributed by atoms with Gasteiger partial charge in [-0.15, -0.1) is 0 Å². The van der Waals surface area contributed by atoms with E-state index in [2.05, 4.69) is 55.8 Å². The summed E-state index contributed by atoms with van der Waals surface area (Å²) in [6.07, 6.45) is 6.56. The molecule has 1 aliphatic heterocycles. The zero-order valence-electron chi connectivity index (χ0n) is 18.7. The van der Waals surface area contributed by atoms with E-state index < -0.39 is 0 Å². The summed E-state index contributed by atoms with van der Waals surface area (Å²) in [5, 5.41) is 1.12. The Morgan fingerprint density at radius 3 is 2.55 bits per heavy atom. The molecule has 2 aromatic rings. The van der Waals surface area contributed by atoms with Crippen LogP contribution in [0.25, 0.3) is 10.9 Å². The second kappa shape index (κ2) is 8.26. The summed E-state index contributed by atoms with van der Waals surface area (Å²) in [6.45, 7) is 13.5. The molecule has 3 unspecified atom stereocenters. The number of aromatic amines is 1. The second-order valence-electron chi connectivity index (χ2n) is 10.5. The van der Waals surface area contributed by atoms with Crippen LogP contribution in [-0.4, -0.2) is 29.5 Å². The first-order chi connectivity index (χ1) is 13.9. The predicted molar refractivity (Wildman–Crippen MR) is 122 cm³/mol. The number of piperidine rings is 1. The Morgan fingerprint density at radius 2 is 1.86 bits per heavy atom. The molecule has 0 radical (unpaired) electrons. The molecule has 29 heavy (non-hydrogen) atoms.